The Morgan fingerprint density at radius 2 is 1.89 bits per heavy atom. The van der Waals surface area contributed by atoms with Gasteiger partial charge in [0.15, 0.2) is 5.96 Å². The SMILES string of the molecule is CCN1CCC(CCNC(=NC)NC2CCN(c3cccc(F)c3)CC2)CC1. The van der Waals surface area contributed by atoms with E-state index < -0.39 is 0 Å². The molecule has 2 aliphatic heterocycles. The average Bonchev–Trinajstić information content (AvgIpc) is 2.74. The number of benzene rings is 1. The van der Waals surface area contributed by atoms with Gasteiger partial charge in [-0.25, -0.2) is 4.39 Å². The van der Waals surface area contributed by atoms with Gasteiger partial charge in [0.25, 0.3) is 0 Å². The Morgan fingerprint density at radius 3 is 2.54 bits per heavy atom. The normalized spacial score (nSPS) is 20.4. The van der Waals surface area contributed by atoms with Gasteiger partial charge in [0.1, 0.15) is 5.82 Å². The number of hydrogen-bond donors (Lipinski definition) is 2. The van der Waals surface area contributed by atoms with E-state index in [9.17, 15) is 4.39 Å². The first-order chi connectivity index (χ1) is 13.7. The van der Waals surface area contributed by atoms with Crippen LogP contribution in [0.2, 0.25) is 0 Å². The molecule has 5 nitrogen and oxygen atoms in total. The summed E-state index contributed by atoms with van der Waals surface area (Å²) in [7, 11) is 1.84. The summed E-state index contributed by atoms with van der Waals surface area (Å²) in [6.45, 7) is 8.79. The van der Waals surface area contributed by atoms with Crippen LogP contribution < -0.4 is 15.5 Å². The van der Waals surface area contributed by atoms with Crippen molar-refractivity contribution < 1.29 is 4.39 Å². The molecule has 1 aromatic rings. The van der Waals surface area contributed by atoms with Gasteiger partial charge >= 0.3 is 0 Å². The van der Waals surface area contributed by atoms with Crippen LogP contribution in [-0.2, 0) is 0 Å². The van der Waals surface area contributed by atoms with Crippen LogP contribution in [0.3, 0.4) is 0 Å². The lowest BCUT2D eigenvalue weighted by atomic mass is 9.93. The zero-order chi connectivity index (χ0) is 19.8. The van der Waals surface area contributed by atoms with Crippen molar-refractivity contribution in [3.63, 3.8) is 0 Å². The highest BCUT2D eigenvalue weighted by molar-refractivity contribution is 5.79. The zero-order valence-electron chi connectivity index (χ0n) is 17.5. The van der Waals surface area contributed by atoms with E-state index in [0.717, 1.165) is 50.0 Å². The van der Waals surface area contributed by atoms with Crippen LogP contribution in [0.15, 0.2) is 29.3 Å². The van der Waals surface area contributed by atoms with E-state index >= 15 is 0 Å². The smallest absolute Gasteiger partial charge is 0.191 e. The van der Waals surface area contributed by atoms with Gasteiger partial charge in [0, 0.05) is 38.4 Å². The van der Waals surface area contributed by atoms with Crippen molar-refractivity contribution in [1.82, 2.24) is 15.5 Å². The fraction of sp³-hybridized carbons (Fsp3) is 0.682. The molecule has 6 heteroatoms. The molecule has 3 rings (SSSR count). The number of nitrogens with one attached hydrogen (secondary N) is 2. The molecule has 0 radical (unpaired) electrons. The van der Waals surface area contributed by atoms with Crippen LogP contribution in [0.5, 0.6) is 0 Å². The molecule has 0 atom stereocenters. The summed E-state index contributed by atoms with van der Waals surface area (Å²) in [6, 6.07) is 7.32. The van der Waals surface area contributed by atoms with E-state index in [-0.39, 0.29) is 5.82 Å². The summed E-state index contributed by atoms with van der Waals surface area (Å²) in [5.74, 6) is 1.58. The first kappa shape index (κ1) is 20.9. The first-order valence-electron chi connectivity index (χ1n) is 10.9. The lowest BCUT2D eigenvalue weighted by molar-refractivity contribution is 0.187. The maximum absolute atomic E-state index is 13.4. The zero-order valence-corrected chi connectivity index (χ0v) is 17.5. The third kappa shape index (κ3) is 6.09. The highest BCUT2D eigenvalue weighted by atomic mass is 19.1. The number of aliphatic imine (C=N–C) groups is 1. The number of guanidine groups is 1. The number of anilines is 1. The maximum atomic E-state index is 13.4. The molecule has 2 saturated heterocycles. The Morgan fingerprint density at radius 1 is 1.14 bits per heavy atom. The summed E-state index contributed by atoms with van der Waals surface area (Å²) in [5, 5.41) is 7.07. The second kappa shape index (κ2) is 10.6. The molecule has 0 aromatic heterocycles. The summed E-state index contributed by atoms with van der Waals surface area (Å²) < 4.78 is 13.4. The van der Waals surface area contributed by atoms with Crippen LogP contribution in [0, 0.1) is 11.7 Å². The van der Waals surface area contributed by atoms with Crippen molar-refractivity contribution in [3.05, 3.63) is 30.1 Å². The van der Waals surface area contributed by atoms with Crippen LogP contribution in [-0.4, -0.2) is 63.2 Å². The van der Waals surface area contributed by atoms with E-state index in [0.29, 0.717) is 6.04 Å². The second-order valence-corrected chi connectivity index (χ2v) is 8.05. The number of nitrogens with zero attached hydrogens (tertiary/aromatic N) is 3. The molecule has 2 heterocycles. The Bertz CT molecular complexity index is 619. The molecule has 0 spiro atoms. The summed E-state index contributed by atoms with van der Waals surface area (Å²) >= 11 is 0. The Kier molecular flexibility index (Phi) is 7.95. The minimum Gasteiger partial charge on any atom is -0.371 e. The predicted molar refractivity (Wildman–Crippen MR) is 116 cm³/mol. The lowest BCUT2D eigenvalue weighted by Gasteiger charge is -2.34. The molecule has 2 fully saturated rings. The standard InChI is InChI=1S/C22H36FN5/c1-3-27-13-8-18(9-14-27)7-12-25-22(24-2)26-20-10-15-28(16-11-20)21-6-4-5-19(23)17-21/h4-6,17-18,20H,3,7-16H2,1-2H3,(H2,24,25,26). The predicted octanol–water partition coefficient (Wildman–Crippen LogP) is 3.08. The van der Waals surface area contributed by atoms with Crippen molar-refractivity contribution >= 4 is 11.6 Å². The van der Waals surface area contributed by atoms with Gasteiger partial charge in [-0.05, 0) is 75.9 Å². The Labute approximate surface area is 169 Å². The molecule has 28 heavy (non-hydrogen) atoms. The molecule has 0 saturated carbocycles. The summed E-state index contributed by atoms with van der Waals surface area (Å²) in [4.78, 5) is 9.21. The summed E-state index contributed by atoms with van der Waals surface area (Å²) in [5.41, 5.74) is 0.982. The fourth-order valence-electron chi connectivity index (χ4n) is 4.33. The highest BCUT2D eigenvalue weighted by Gasteiger charge is 2.21. The molecule has 2 aliphatic rings. The number of likely N-dealkylation sites (tertiary alicyclic amines) is 1. The molecule has 0 unspecified atom stereocenters. The number of halogens is 1. The minimum atomic E-state index is -0.164. The van der Waals surface area contributed by atoms with Crippen molar-refractivity contribution in [1.29, 1.82) is 0 Å². The van der Waals surface area contributed by atoms with Gasteiger partial charge < -0.3 is 20.4 Å². The van der Waals surface area contributed by atoms with Crippen LogP contribution in [0.4, 0.5) is 10.1 Å². The number of hydrogen-bond acceptors (Lipinski definition) is 3. The van der Waals surface area contributed by atoms with E-state index in [1.165, 1.54) is 45.0 Å². The Balaban J connectivity index is 1.35. The van der Waals surface area contributed by atoms with Gasteiger partial charge in [-0.15, -0.1) is 0 Å². The fourth-order valence-corrected chi connectivity index (χ4v) is 4.33. The third-order valence-corrected chi connectivity index (χ3v) is 6.23. The van der Waals surface area contributed by atoms with Crippen LogP contribution >= 0.6 is 0 Å². The van der Waals surface area contributed by atoms with Crippen molar-refractivity contribution in [2.75, 3.05) is 51.2 Å². The largest absolute Gasteiger partial charge is 0.371 e. The molecule has 0 aliphatic carbocycles. The Hall–Kier alpha value is -1.82. The monoisotopic (exact) mass is 389 g/mol. The molecule has 2 N–H and O–H groups in total. The third-order valence-electron chi connectivity index (χ3n) is 6.23. The number of piperidine rings is 2. The van der Waals surface area contributed by atoms with Gasteiger partial charge in [0.05, 0.1) is 0 Å². The van der Waals surface area contributed by atoms with E-state index in [2.05, 4.69) is 32.3 Å². The quantitative estimate of drug-likeness (QED) is 0.580. The second-order valence-electron chi connectivity index (χ2n) is 8.05. The first-order valence-corrected chi connectivity index (χ1v) is 10.9. The van der Waals surface area contributed by atoms with Gasteiger partial charge in [0.2, 0.25) is 0 Å². The molecule has 1 aromatic carbocycles. The van der Waals surface area contributed by atoms with Gasteiger partial charge in [-0.3, -0.25) is 4.99 Å². The molecule has 156 valence electrons. The van der Waals surface area contributed by atoms with Crippen LogP contribution in [0.25, 0.3) is 0 Å². The lowest BCUT2D eigenvalue weighted by Crippen LogP contribution is -2.49. The van der Waals surface area contributed by atoms with Gasteiger partial charge in [-0.2, -0.15) is 0 Å². The van der Waals surface area contributed by atoms with E-state index in [1.54, 1.807) is 12.1 Å². The average molecular weight is 390 g/mol. The maximum Gasteiger partial charge on any atom is 0.191 e. The molecule has 0 bridgehead atoms. The molecule has 0 amide bonds. The summed E-state index contributed by atoms with van der Waals surface area (Å²) in [6.07, 6.45) is 5.93. The number of rotatable bonds is 6. The van der Waals surface area contributed by atoms with Crippen molar-refractivity contribution in [2.45, 2.75) is 45.1 Å². The molecular formula is C22H36FN5. The minimum absolute atomic E-state index is 0.164. The van der Waals surface area contributed by atoms with E-state index in [4.69, 9.17) is 0 Å². The van der Waals surface area contributed by atoms with Gasteiger partial charge in [-0.1, -0.05) is 13.0 Å². The van der Waals surface area contributed by atoms with Crippen molar-refractivity contribution in [2.24, 2.45) is 10.9 Å². The molecular weight excluding hydrogens is 353 g/mol. The topological polar surface area (TPSA) is 42.9 Å². The van der Waals surface area contributed by atoms with E-state index in [1.807, 2.05) is 13.1 Å². The highest BCUT2D eigenvalue weighted by Crippen LogP contribution is 2.21. The van der Waals surface area contributed by atoms with Crippen molar-refractivity contribution in [3.8, 4) is 0 Å². The van der Waals surface area contributed by atoms with Crippen LogP contribution in [0.1, 0.15) is 39.0 Å².